The maximum absolute atomic E-state index is 13.5. The molecule has 27 heavy (non-hydrogen) atoms. The number of rotatable bonds is 7. The minimum absolute atomic E-state index is 0.00643. The number of nitriles is 1. The van der Waals surface area contributed by atoms with E-state index in [9.17, 15) is 9.18 Å². The molecule has 0 bridgehead atoms. The molecular weight excluding hydrogens is 341 g/mol. The van der Waals surface area contributed by atoms with Gasteiger partial charge in [-0.2, -0.15) is 5.26 Å². The maximum Gasteiger partial charge on any atom is 0.234 e. The van der Waals surface area contributed by atoms with E-state index < -0.39 is 0 Å². The number of amides is 1. The molecule has 140 valence electrons. The van der Waals surface area contributed by atoms with Gasteiger partial charge in [-0.05, 0) is 48.2 Å². The van der Waals surface area contributed by atoms with E-state index in [2.05, 4.69) is 11.4 Å². The van der Waals surface area contributed by atoms with E-state index in [1.54, 1.807) is 18.2 Å². The quantitative estimate of drug-likeness (QED) is 0.813. The zero-order valence-corrected chi connectivity index (χ0v) is 15.3. The Morgan fingerprint density at radius 1 is 1.11 bits per heavy atom. The van der Waals surface area contributed by atoms with E-state index in [0.717, 1.165) is 24.0 Å². The Morgan fingerprint density at radius 2 is 1.81 bits per heavy atom. The lowest BCUT2D eigenvalue weighted by Crippen LogP contribution is -2.40. The molecule has 4 nitrogen and oxygen atoms in total. The summed E-state index contributed by atoms with van der Waals surface area (Å²) in [7, 11) is 0. The average Bonchev–Trinajstić information content (AvgIpc) is 3.15. The van der Waals surface area contributed by atoms with Crippen LogP contribution < -0.4 is 5.32 Å². The van der Waals surface area contributed by atoms with Gasteiger partial charge in [-0.25, -0.2) is 4.39 Å². The highest BCUT2D eigenvalue weighted by Crippen LogP contribution is 2.18. The van der Waals surface area contributed by atoms with Gasteiger partial charge in [-0.1, -0.05) is 37.1 Å². The van der Waals surface area contributed by atoms with Crippen LogP contribution in [0.2, 0.25) is 0 Å². The highest BCUT2D eigenvalue weighted by molar-refractivity contribution is 5.78. The zero-order valence-electron chi connectivity index (χ0n) is 15.3. The van der Waals surface area contributed by atoms with Crippen molar-refractivity contribution in [3.8, 4) is 6.07 Å². The van der Waals surface area contributed by atoms with Crippen molar-refractivity contribution in [3.63, 3.8) is 0 Å². The van der Waals surface area contributed by atoms with E-state index in [1.807, 2.05) is 23.1 Å². The van der Waals surface area contributed by atoms with E-state index in [4.69, 9.17) is 5.26 Å². The zero-order chi connectivity index (χ0) is 19.1. The number of benzene rings is 2. The van der Waals surface area contributed by atoms with Crippen molar-refractivity contribution in [1.82, 2.24) is 10.2 Å². The third kappa shape index (κ3) is 5.90. The van der Waals surface area contributed by atoms with Crippen LogP contribution in [-0.2, 0) is 17.9 Å². The molecule has 1 fully saturated rings. The lowest BCUT2D eigenvalue weighted by atomic mass is 10.1. The second-order valence-electron chi connectivity index (χ2n) is 7.13. The highest BCUT2D eigenvalue weighted by atomic mass is 19.1. The molecule has 0 spiro atoms. The Bertz CT molecular complexity index is 807. The summed E-state index contributed by atoms with van der Waals surface area (Å²) in [5.74, 6) is -0.270. The fraction of sp³-hybridized carbons (Fsp3) is 0.364. The summed E-state index contributed by atoms with van der Waals surface area (Å²) in [4.78, 5) is 14.5. The summed E-state index contributed by atoms with van der Waals surface area (Å²) in [5.41, 5.74) is 2.45. The van der Waals surface area contributed by atoms with Gasteiger partial charge in [0, 0.05) is 19.1 Å². The highest BCUT2D eigenvalue weighted by Gasteiger charge is 2.19. The van der Waals surface area contributed by atoms with Crippen molar-refractivity contribution in [2.24, 2.45) is 0 Å². The fourth-order valence-electron chi connectivity index (χ4n) is 3.55. The van der Waals surface area contributed by atoms with Crippen LogP contribution in [-0.4, -0.2) is 23.4 Å². The molecule has 0 saturated heterocycles. The van der Waals surface area contributed by atoms with Gasteiger partial charge in [0.25, 0.3) is 0 Å². The van der Waals surface area contributed by atoms with Crippen LogP contribution in [0.5, 0.6) is 0 Å². The molecule has 0 atom stereocenters. The number of nitrogens with one attached hydrogen (secondary N) is 1. The summed E-state index contributed by atoms with van der Waals surface area (Å²) >= 11 is 0. The predicted octanol–water partition coefficient (Wildman–Crippen LogP) is 3.76. The monoisotopic (exact) mass is 365 g/mol. The Kier molecular flexibility index (Phi) is 6.56. The van der Waals surface area contributed by atoms with Crippen LogP contribution >= 0.6 is 0 Å². The fourth-order valence-corrected chi connectivity index (χ4v) is 3.55. The molecule has 0 radical (unpaired) electrons. The normalized spacial score (nSPS) is 14.3. The average molecular weight is 365 g/mol. The van der Waals surface area contributed by atoms with Gasteiger partial charge < -0.3 is 5.32 Å². The van der Waals surface area contributed by atoms with Gasteiger partial charge in [-0.3, -0.25) is 9.69 Å². The van der Waals surface area contributed by atoms with E-state index in [-0.39, 0.29) is 24.3 Å². The Labute approximate surface area is 159 Å². The first-order valence-electron chi connectivity index (χ1n) is 9.37. The number of halogens is 1. The number of carbonyl (C=O) groups is 1. The molecule has 3 rings (SSSR count). The molecule has 1 aliphatic carbocycles. The summed E-state index contributed by atoms with van der Waals surface area (Å²) in [6, 6.07) is 16.2. The van der Waals surface area contributed by atoms with Crippen LogP contribution in [0, 0.1) is 17.1 Å². The lowest BCUT2D eigenvalue weighted by molar-refractivity contribution is -0.123. The van der Waals surface area contributed by atoms with Crippen molar-refractivity contribution in [1.29, 1.82) is 5.26 Å². The number of carbonyl (C=O) groups excluding carboxylic acids is 1. The van der Waals surface area contributed by atoms with Crippen LogP contribution in [0.1, 0.15) is 42.4 Å². The van der Waals surface area contributed by atoms with Gasteiger partial charge in [0.2, 0.25) is 5.91 Å². The summed E-state index contributed by atoms with van der Waals surface area (Å²) in [6.45, 7) is 1.29. The largest absolute Gasteiger partial charge is 0.352 e. The molecule has 0 unspecified atom stereocenters. The SMILES string of the molecule is N#Cc1ccc(CN(CC(=O)NC2CCCC2)Cc2cccc(F)c2)cc1. The van der Waals surface area contributed by atoms with Crippen molar-refractivity contribution < 1.29 is 9.18 Å². The van der Waals surface area contributed by atoms with Crippen molar-refractivity contribution in [2.75, 3.05) is 6.54 Å². The van der Waals surface area contributed by atoms with E-state index in [0.29, 0.717) is 18.7 Å². The van der Waals surface area contributed by atoms with Crippen LogP contribution in [0.15, 0.2) is 48.5 Å². The number of hydrogen-bond acceptors (Lipinski definition) is 3. The third-order valence-electron chi connectivity index (χ3n) is 4.87. The molecule has 2 aromatic rings. The molecule has 1 N–H and O–H groups in total. The van der Waals surface area contributed by atoms with Crippen LogP contribution in [0.25, 0.3) is 0 Å². The van der Waals surface area contributed by atoms with E-state index in [1.165, 1.54) is 25.0 Å². The number of nitrogens with zero attached hydrogens (tertiary/aromatic N) is 2. The molecule has 0 heterocycles. The molecule has 1 aliphatic rings. The van der Waals surface area contributed by atoms with Crippen LogP contribution in [0.4, 0.5) is 4.39 Å². The van der Waals surface area contributed by atoms with Crippen molar-refractivity contribution in [2.45, 2.75) is 44.8 Å². The maximum atomic E-state index is 13.5. The standard InChI is InChI=1S/C22H24FN3O/c23-20-5-3-4-19(12-20)15-26(14-18-10-8-17(13-24)9-11-18)16-22(27)25-21-6-1-2-7-21/h3-5,8-12,21H,1-2,6-7,14-16H2,(H,25,27). The van der Waals surface area contributed by atoms with Gasteiger partial charge in [0.05, 0.1) is 18.2 Å². The van der Waals surface area contributed by atoms with Gasteiger partial charge in [0.15, 0.2) is 0 Å². The van der Waals surface area contributed by atoms with E-state index >= 15 is 0 Å². The molecule has 1 saturated carbocycles. The molecule has 5 heteroatoms. The molecular formula is C22H24FN3O. The number of hydrogen-bond donors (Lipinski definition) is 1. The minimum atomic E-state index is -0.277. The second kappa shape index (κ2) is 9.29. The van der Waals surface area contributed by atoms with Crippen LogP contribution in [0.3, 0.4) is 0 Å². The predicted molar refractivity (Wildman–Crippen MR) is 102 cm³/mol. The third-order valence-corrected chi connectivity index (χ3v) is 4.87. The second-order valence-corrected chi connectivity index (χ2v) is 7.13. The van der Waals surface area contributed by atoms with Crippen molar-refractivity contribution >= 4 is 5.91 Å². The Morgan fingerprint density at radius 3 is 2.48 bits per heavy atom. The van der Waals surface area contributed by atoms with Gasteiger partial charge in [-0.15, -0.1) is 0 Å². The van der Waals surface area contributed by atoms with Gasteiger partial charge in [0.1, 0.15) is 5.82 Å². The first-order chi connectivity index (χ1) is 13.1. The molecule has 2 aromatic carbocycles. The first kappa shape index (κ1) is 19.1. The molecule has 1 amide bonds. The smallest absolute Gasteiger partial charge is 0.234 e. The summed E-state index contributed by atoms with van der Waals surface area (Å²) in [5, 5.41) is 12.0. The Balaban J connectivity index is 1.68. The topological polar surface area (TPSA) is 56.1 Å². The Hall–Kier alpha value is -2.71. The molecule has 0 aromatic heterocycles. The molecule has 0 aliphatic heterocycles. The summed E-state index contributed by atoms with van der Waals surface area (Å²) < 4.78 is 13.5. The van der Waals surface area contributed by atoms with Gasteiger partial charge >= 0.3 is 0 Å². The minimum Gasteiger partial charge on any atom is -0.352 e. The van der Waals surface area contributed by atoms with Crippen molar-refractivity contribution in [3.05, 3.63) is 71.0 Å². The first-order valence-corrected chi connectivity index (χ1v) is 9.37. The lowest BCUT2D eigenvalue weighted by Gasteiger charge is -2.23. The summed E-state index contributed by atoms with van der Waals surface area (Å²) in [6.07, 6.45) is 4.43.